The van der Waals surface area contributed by atoms with E-state index in [2.05, 4.69) is 9.88 Å². The summed E-state index contributed by atoms with van der Waals surface area (Å²) in [5.41, 5.74) is -3.87. The minimum absolute atomic E-state index is 0.0668. The number of carbonyl (C=O) groups excluding carboxylic acids is 2. The minimum Gasteiger partial charge on any atom is -0.497 e. The molecule has 2 fully saturated rings. The van der Waals surface area contributed by atoms with E-state index < -0.39 is 23.2 Å². The lowest BCUT2D eigenvalue weighted by Crippen LogP contribution is -2.61. The molecule has 4 rings (SSSR count). The average Bonchev–Trinajstić information content (AvgIpc) is 2.88. The van der Waals surface area contributed by atoms with E-state index in [0.29, 0.717) is 17.3 Å². The Kier molecular flexibility index (Phi) is 8.32. The van der Waals surface area contributed by atoms with Crippen LogP contribution >= 0.6 is 11.6 Å². The zero-order valence-electron chi connectivity index (χ0n) is 22.0. The third-order valence-electron chi connectivity index (χ3n) is 7.53. The maximum absolute atomic E-state index is 14.0. The van der Waals surface area contributed by atoms with Crippen molar-refractivity contribution in [3.63, 3.8) is 0 Å². The molecule has 0 saturated carbocycles. The summed E-state index contributed by atoms with van der Waals surface area (Å²) in [5, 5.41) is 10.8. The van der Waals surface area contributed by atoms with E-state index in [-0.39, 0.29) is 35.8 Å². The molecule has 0 bridgehead atoms. The lowest BCUT2D eigenvalue weighted by atomic mass is 9.82. The number of pyridine rings is 1. The summed E-state index contributed by atoms with van der Waals surface area (Å²) in [7, 11) is 4.59. The molecule has 1 aromatic carbocycles. The van der Waals surface area contributed by atoms with E-state index in [9.17, 15) is 27.9 Å². The summed E-state index contributed by atoms with van der Waals surface area (Å²) in [4.78, 5) is 34.1. The first-order valence-electron chi connectivity index (χ1n) is 12.7. The predicted octanol–water partition coefficient (Wildman–Crippen LogP) is 3.96. The summed E-state index contributed by atoms with van der Waals surface area (Å²) in [5.74, 6) is -0.355. The van der Waals surface area contributed by atoms with Crippen LogP contribution in [0.3, 0.4) is 0 Å². The highest BCUT2D eigenvalue weighted by Crippen LogP contribution is 2.43. The fraction of sp³-hybridized carbons (Fsp3) is 0.519. The van der Waals surface area contributed by atoms with Gasteiger partial charge in [-0.25, -0.2) is 4.98 Å². The molecule has 2 aliphatic heterocycles. The van der Waals surface area contributed by atoms with E-state index in [4.69, 9.17) is 16.3 Å². The number of carbonyl (C=O) groups is 2. The first-order chi connectivity index (χ1) is 18.3. The molecule has 1 aromatic heterocycles. The molecule has 8 nitrogen and oxygen atoms in total. The van der Waals surface area contributed by atoms with Crippen molar-refractivity contribution in [2.75, 3.05) is 52.3 Å². The number of benzene rings is 1. The number of likely N-dealkylation sites (tertiary alicyclic amines) is 1. The van der Waals surface area contributed by atoms with E-state index in [0.717, 1.165) is 49.4 Å². The number of aromatic nitrogens is 1. The zero-order chi connectivity index (χ0) is 28.5. The topological polar surface area (TPSA) is 86.2 Å². The van der Waals surface area contributed by atoms with Crippen molar-refractivity contribution >= 4 is 29.2 Å². The van der Waals surface area contributed by atoms with Crippen LogP contribution in [0.25, 0.3) is 0 Å². The quantitative estimate of drug-likeness (QED) is 0.509. The number of hydrogen-bond acceptors (Lipinski definition) is 6. The van der Waals surface area contributed by atoms with Gasteiger partial charge in [0.25, 0.3) is 17.4 Å². The molecule has 3 heterocycles. The molecule has 2 amide bonds. The highest BCUT2D eigenvalue weighted by Gasteiger charge is 2.63. The fourth-order valence-corrected chi connectivity index (χ4v) is 5.47. The van der Waals surface area contributed by atoms with Gasteiger partial charge in [-0.3, -0.25) is 9.59 Å². The number of methoxy groups -OCH3 is 1. The van der Waals surface area contributed by atoms with Gasteiger partial charge in [0, 0.05) is 45.8 Å². The predicted molar refractivity (Wildman–Crippen MR) is 140 cm³/mol. The number of amides is 2. The fourth-order valence-electron chi connectivity index (χ4n) is 5.24. The highest BCUT2D eigenvalue weighted by molar-refractivity contribution is 6.32. The number of aliphatic hydroxyl groups is 1. The number of rotatable bonds is 7. The number of piperidine rings is 1. The molecule has 0 spiro atoms. The van der Waals surface area contributed by atoms with Gasteiger partial charge < -0.3 is 24.5 Å². The van der Waals surface area contributed by atoms with E-state index in [1.165, 1.54) is 24.1 Å². The molecule has 39 heavy (non-hydrogen) atoms. The molecule has 0 aliphatic carbocycles. The molecular formula is C27H32ClF3N4O4. The molecule has 12 heteroatoms. The zero-order valence-corrected chi connectivity index (χ0v) is 22.8. The van der Waals surface area contributed by atoms with Gasteiger partial charge in [-0.1, -0.05) is 23.7 Å². The second kappa shape index (κ2) is 11.2. The van der Waals surface area contributed by atoms with Crippen molar-refractivity contribution in [2.24, 2.45) is 11.8 Å². The van der Waals surface area contributed by atoms with Crippen LogP contribution in [0.15, 0.2) is 36.4 Å². The van der Waals surface area contributed by atoms with E-state index in [1.54, 1.807) is 26.2 Å². The van der Waals surface area contributed by atoms with Gasteiger partial charge in [-0.2, -0.15) is 13.2 Å². The Morgan fingerprint density at radius 2 is 1.79 bits per heavy atom. The van der Waals surface area contributed by atoms with Crippen LogP contribution in [-0.4, -0.2) is 85.3 Å². The number of hydrogen-bond donors (Lipinski definition) is 1. The van der Waals surface area contributed by atoms with Crippen LogP contribution in [0.2, 0.25) is 5.15 Å². The van der Waals surface area contributed by atoms with Crippen molar-refractivity contribution < 1.29 is 32.6 Å². The lowest BCUT2D eigenvalue weighted by molar-refractivity contribution is -0.264. The summed E-state index contributed by atoms with van der Waals surface area (Å²) >= 11 is 6.25. The van der Waals surface area contributed by atoms with E-state index >= 15 is 0 Å². The van der Waals surface area contributed by atoms with Crippen molar-refractivity contribution in [1.29, 1.82) is 0 Å². The Hall–Kier alpha value is -3.05. The van der Waals surface area contributed by atoms with Crippen molar-refractivity contribution in [2.45, 2.75) is 31.0 Å². The van der Waals surface area contributed by atoms with Gasteiger partial charge >= 0.3 is 6.18 Å². The summed E-state index contributed by atoms with van der Waals surface area (Å²) in [6.45, 7) is 1.79. The van der Waals surface area contributed by atoms with Crippen molar-refractivity contribution in [1.82, 2.24) is 14.8 Å². The van der Waals surface area contributed by atoms with Crippen LogP contribution in [0, 0.1) is 11.8 Å². The first-order valence-corrected chi connectivity index (χ1v) is 13.1. The van der Waals surface area contributed by atoms with Gasteiger partial charge in [-0.15, -0.1) is 0 Å². The van der Waals surface area contributed by atoms with Crippen LogP contribution in [-0.2, 0) is 10.4 Å². The smallest absolute Gasteiger partial charge is 0.430 e. The Bertz CT molecular complexity index is 1210. The number of halogens is 4. The SMILES string of the molecule is COc1cccc([C@](O)(C(=O)N2CC(CC3CCN(c4ccc(C(=O)N(C)C)c(Cl)n4)CC3)C2)C(F)(F)F)c1. The third kappa shape index (κ3) is 5.79. The second-order valence-electron chi connectivity index (χ2n) is 10.4. The van der Waals surface area contributed by atoms with Crippen molar-refractivity contribution in [3.05, 3.63) is 52.7 Å². The number of alkyl halides is 3. The normalized spacial score (nSPS) is 18.4. The van der Waals surface area contributed by atoms with Gasteiger partial charge in [0.2, 0.25) is 0 Å². The lowest BCUT2D eigenvalue weighted by Gasteiger charge is -2.45. The maximum atomic E-state index is 14.0. The Morgan fingerprint density at radius 3 is 2.36 bits per heavy atom. The maximum Gasteiger partial charge on any atom is 0.430 e. The Morgan fingerprint density at radius 1 is 1.13 bits per heavy atom. The van der Waals surface area contributed by atoms with Gasteiger partial charge in [0.05, 0.1) is 12.7 Å². The molecular weight excluding hydrogens is 537 g/mol. The molecule has 0 unspecified atom stereocenters. The highest BCUT2D eigenvalue weighted by atomic mass is 35.5. The summed E-state index contributed by atoms with van der Waals surface area (Å²) in [6, 6.07) is 8.32. The minimum atomic E-state index is -5.19. The number of anilines is 1. The largest absolute Gasteiger partial charge is 0.497 e. The summed E-state index contributed by atoms with van der Waals surface area (Å²) in [6.07, 6.45) is -2.69. The van der Waals surface area contributed by atoms with E-state index in [1.807, 2.05) is 0 Å². The second-order valence-corrected chi connectivity index (χ2v) is 10.7. The van der Waals surface area contributed by atoms with Gasteiger partial charge in [-0.05, 0) is 55.4 Å². The average molecular weight is 569 g/mol. The third-order valence-corrected chi connectivity index (χ3v) is 7.82. The Labute approximate surface area is 230 Å². The molecule has 2 aromatic rings. The van der Waals surface area contributed by atoms with Crippen LogP contribution < -0.4 is 9.64 Å². The van der Waals surface area contributed by atoms with Crippen molar-refractivity contribution in [3.8, 4) is 5.75 Å². The standard InChI is InChI=1S/C27H32ClF3N4O4/c1-33(2)24(36)21-7-8-22(32-23(21)28)34-11-9-17(10-12-34)13-18-15-35(16-18)25(37)26(38,27(29,30)31)19-5-4-6-20(14-19)39-3/h4-8,14,17-18,38H,9-13,15-16H2,1-3H3/t26-/m0/s1. The van der Waals surface area contributed by atoms with Crippen LogP contribution in [0.4, 0.5) is 19.0 Å². The van der Waals surface area contributed by atoms with Crippen LogP contribution in [0.5, 0.6) is 5.75 Å². The molecule has 2 aliphatic rings. The van der Waals surface area contributed by atoms with Gasteiger partial charge in [0.15, 0.2) is 0 Å². The molecule has 1 N–H and O–H groups in total. The Balaban J connectivity index is 1.32. The first kappa shape index (κ1) is 28.9. The molecule has 1 atom stereocenters. The molecule has 2 saturated heterocycles. The number of ether oxygens (including phenoxy) is 1. The van der Waals surface area contributed by atoms with Crippen LogP contribution in [0.1, 0.15) is 35.2 Å². The van der Waals surface area contributed by atoms with Gasteiger partial charge in [0.1, 0.15) is 16.7 Å². The molecule has 212 valence electrons. The monoisotopic (exact) mass is 568 g/mol. The molecule has 0 radical (unpaired) electrons. The number of nitrogens with zero attached hydrogens (tertiary/aromatic N) is 4. The summed E-state index contributed by atoms with van der Waals surface area (Å²) < 4.78 is 46.9.